The van der Waals surface area contributed by atoms with Gasteiger partial charge in [0.05, 0.1) is 13.2 Å². The van der Waals surface area contributed by atoms with Crippen LogP contribution in [0.25, 0.3) is 0 Å². The van der Waals surface area contributed by atoms with Crippen molar-refractivity contribution in [1.29, 1.82) is 0 Å². The predicted octanol–water partition coefficient (Wildman–Crippen LogP) is 5.12. The molecule has 0 aliphatic heterocycles. The van der Waals surface area contributed by atoms with Gasteiger partial charge in [-0.05, 0) is 29.8 Å². The van der Waals surface area contributed by atoms with Crippen molar-refractivity contribution in [2.24, 2.45) is 0 Å². The van der Waals surface area contributed by atoms with E-state index in [2.05, 4.69) is 5.32 Å². The topological polar surface area (TPSA) is 38.3 Å². The van der Waals surface area contributed by atoms with Crippen LogP contribution in [0.2, 0.25) is 0 Å². The maximum absolute atomic E-state index is 12.7. The first kappa shape index (κ1) is 16.8. The number of rotatable bonds is 7. The van der Waals surface area contributed by atoms with Crippen LogP contribution < -0.4 is 10.1 Å². The van der Waals surface area contributed by atoms with Crippen LogP contribution >= 0.6 is 0 Å². The molecule has 0 saturated carbocycles. The number of anilines is 1. The van der Waals surface area contributed by atoms with E-state index in [1.807, 2.05) is 84.9 Å². The predicted molar refractivity (Wildman–Crippen MR) is 101 cm³/mol. The van der Waals surface area contributed by atoms with Gasteiger partial charge in [-0.15, -0.1) is 0 Å². The van der Waals surface area contributed by atoms with E-state index in [0.717, 1.165) is 22.6 Å². The summed E-state index contributed by atoms with van der Waals surface area (Å²) >= 11 is 0. The minimum absolute atomic E-state index is 0.0951. The Hall–Kier alpha value is -3.07. The SMILES string of the molecule is COc1ccc(N[C@H](CC(=O)c2ccccc2)c2ccccc2)cc1. The minimum atomic E-state index is -0.0951. The first-order valence-electron chi connectivity index (χ1n) is 8.30. The summed E-state index contributed by atoms with van der Waals surface area (Å²) in [6.45, 7) is 0. The van der Waals surface area contributed by atoms with Crippen LogP contribution in [0.3, 0.4) is 0 Å². The zero-order valence-corrected chi connectivity index (χ0v) is 14.2. The summed E-state index contributed by atoms with van der Waals surface area (Å²) in [5.74, 6) is 0.928. The summed E-state index contributed by atoms with van der Waals surface area (Å²) in [6.07, 6.45) is 0.389. The molecule has 0 aromatic heterocycles. The molecule has 3 aromatic rings. The molecule has 1 N–H and O–H groups in total. The Morgan fingerprint density at radius 3 is 2.08 bits per heavy atom. The molecule has 3 heteroatoms. The average Bonchev–Trinajstić information content (AvgIpc) is 2.69. The van der Waals surface area contributed by atoms with Gasteiger partial charge in [0, 0.05) is 17.7 Å². The van der Waals surface area contributed by atoms with Crippen molar-refractivity contribution in [1.82, 2.24) is 0 Å². The van der Waals surface area contributed by atoms with Crippen LogP contribution in [0.15, 0.2) is 84.9 Å². The van der Waals surface area contributed by atoms with Gasteiger partial charge in [0.1, 0.15) is 5.75 Å². The van der Waals surface area contributed by atoms with Crippen LogP contribution in [0.5, 0.6) is 5.75 Å². The molecule has 3 nitrogen and oxygen atoms in total. The van der Waals surface area contributed by atoms with Crippen molar-refractivity contribution < 1.29 is 9.53 Å². The number of ketones is 1. The quantitative estimate of drug-likeness (QED) is 0.611. The van der Waals surface area contributed by atoms with Crippen molar-refractivity contribution >= 4 is 11.5 Å². The number of Topliss-reactive ketones (excluding diaryl/α,β-unsaturated/α-hetero) is 1. The third kappa shape index (κ3) is 4.48. The van der Waals surface area contributed by atoms with E-state index in [-0.39, 0.29) is 11.8 Å². The lowest BCUT2D eigenvalue weighted by molar-refractivity contribution is 0.0976. The maximum atomic E-state index is 12.7. The molecule has 0 unspecified atom stereocenters. The Labute approximate surface area is 148 Å². The van der Waals surface area contributed by atoms with Gasteiger partial charge >= 0.3 is 0 Å². The molecule has 1 atom stereocenters. The Bertz CT molecular complexity index is 798. The summed E-state index contributed by atoms with van der Waals surface area (Å²) in [4.78, 5) is 12.7. The molecule has 0 saturated heterocycles. The maximum Gasteiger partial charge on any atom is 0.165 e. The monoisotopic (exact) mass is 331 g/mol. The zero-order valence-electron chi connectivity index (χ0n) is 14.2. The van der Waals surface area contributed by atoms with E-state index in [9.17, 15) is 4.79 Å². The lowest BCUT2D eigenvalue weighted by Gasteiger charge is -2.20. The van der Waals surface area contributed by atoms with Crippen molar-refractivity contribution in [2.45, 2.75) is 12.5 Å². The van der Waals surface area contributed by atoms with Crippen LogP contribution in [-0.4, -0.2) is 12.9 Å². The molecule has 25 heavy (non-hydrogen) atoms. The highest BCUT2D eigenvalue weighted by Gasteiger charge is 2.17. The lowest BCUT2D eigenvalue weighted by Crippen LogP contribution is -2.15. The van der Waals surface area contributed by atoms with E-state index in [1.54, 1.807) is 7.11 Å². The number of carbonyl (C=O) groups is 1. The minimum Gasteiger partial charge on any atom is -0.497 e. The molecule has 0 aliphatic carbocycles. The van der Waals surface area contributed by atoms with Crippen LogP contribution in [0, 0.1) is 0 Å². The van der Waals surface area contributed by atoms with E-state index >= 15 is 0 Å². The normalized spacial score (nSPS) is 11.6. The second-order valence-corrected chi connectivity index (χ2v) is 5.83. The summed E-state index contributed by atoms with van der Waals surface area (Å²) in [5.41, 5.74) is 2.78. The second kappa shape index (κ2) is 8.15. The number of methoxy groups -OCH3 is 1. The third-order valence-electron chi connectivity index (χ3n) is 4.12. The molecule has 3 aromatic carbocycles. The van der Waals surface area contributed by atoms with Crippen LogP contribution in [0.1, 0.15) is 28.4 Å². The van der Waals surface area contributed by atoms with Gasteiger partial charge in [-0.1, -0.05) is 60.7 Å². The number of hydrogen-bond donors (Lipinski definition) is 1. The third-order valence-corrected chi connectivity index (χ3v) is 4.12. The Kier molecular flexibility index (Phi) is 5.47. The van der Waals surface area contributed by atoms with Gasteiger partial charge in [-0.25, -0.2) is 0 Å². The van der Waals surface area contributed by atoms with Gasteiger partial charge < -0.3 is 10.1 Å². The Morgan fingerprint density at radius 2 is 1.48 bits per heavy atom. The zero-order chi connectivity index (χ0) is 17.5. The highest BCUT2D eigenvalue weighted by atomic mass is 16.5. The highest BCUT2D eigenvalue weighted by molar-refractivity contribution is 5.96. The van der Waals surface area contributed by atoms with E-state index in [1.165, 1.54) is 0 Å². The van der Waals surface area contributed by atoms with Crippen LogP contribution in [-0.2, 0) is 0 Å². The standard InChI is InChI=1S/C22H21NO2/c1-25-20-14-12-19(13-15-20)23-21(17-8-4-2-5-9-17)16-22(24)18-10-6-3-7-11-18/h2-15,21,23H,16H2,1H3/t21-/m1/s1. The van der Waals surface area contributed by atoms with Crippen LogP contribution in [0.4, 0.5) is 5.69 Å². The second-order valence-electron chi connectivity index (χ2n) is 5.83. The summed E-state index contributed by atoms with van der Waals surface area (Å²) in [7, 11) is 1.65. The van der Waals surface area contributed by atoms with Gasteiger partial charge in [0.15, 0.2) is 5.78 Å². The Morgan fingerprint density at radius 1 is 0.880 bits per heavy atom. The number of ether oxygens (including phenoxy) is 1. The van der Waals surface area contributed by atoms with Crippen molar-refractivity contribution in [3.05, 3.63) is 96.1 Å². The lowest BCUT2D eigenvalue weighted by atomic mass is 9.97. The highest BCUT2D eigenvalue weighted by Crippen LogP contribution is 2.25. The fourth-order valence-electron chi connectivity index (χ4n) is 2.75. The Balaban J connectivity index is 1.81. The number of nitrogens with one attached hydrogen (secondary N) is 1. The molecule has 0 spiro atoms. The first-order chi connectivity index (χ1) is 12.3. The fourth-order valence-corrected chi connectivity index (χ4v) is 2.75. The smallest absolute Gasteiger partial charge is 0.165 e. The molecule has 0 heterocycles. The molecule has 0 amide bonds. The van der Waals surface area contributed by atoms with Crippen molar-refractivity contribution in [3.8, 4) is 5.75 Å². The fraction of sp³-hybridized carbons (Fsp3) is 0.136. The van der Waals surface area contributed by atoms with Gasteiger partial charge in [0.25, 0.3) is 0 Å². The first-order valence-corrected chi connectivity index (χ1v) is 8.30. The van der Waals surface area contributed by atoms with E-state index in [0.29, 0.717) is 6.42 Å². The molecule has 0 radical (unpaired) electrons. The molecule has 0 fully saturated rings. The average molecular weight is 331 g/mol. The number of benzene rings is 3. The molecular formula is C22H21NO2. The number of carbonyl (C=O) groups excluding carboxylic acids is 1. The van der Waals surface area contributed by atoms with Gasteiger partial charge in [-0.2, -0.15) is 0 Å². The van der Waals surface area contributed by atoms with E-state index in [4.69, 9.17) is 4.74 Å². The molecule has 0 aliphatic rings. The number of hydrogen-bond acceptors (Lipinski definition) is 3. The van der Waals surface area contributed by atoms with Crippen molar-refractivity contribution in [2.75, 3.05) is 12.4 Å². The summed E-state index contributed by atoms with van der Waals surface area (Å²) in [5, 5.41) is 3.47. The van der Waals surface area contributed by atoms with Gasteiger partial charge in [-0.3, -0.25) is 4.79 Å². The van der Waals surface area contributed by atoms with Gasteiger partial charge in [0.2, 0.25) is 0 Å². The summed E-state index contributed by atoms with van der Waals surface area (Å²) < 4.78 is 5.20. The molecule has 126 valence electrons. The van der Waals surface area contributed by atoms with E-state index < -0.39 is 0 Å². The largest absolute Gasteiger partial charge is 0.497 e. The molecule has 0 bridgehead atoms. The summed E-state index contributed by atoms with van der Waals surface area (Å²) in [6, 6.07) is 27.1. The molecular weight excluding hydrogens is 310 g/mol. The molecule has 3 rings (SSSR count). The van der Waals surface area contributed by atoms with Crippen molar-refractivity contribution in [3.63, 3.8) is 0 Å².